The van der Waals surface area contributed by atoms with Crippen LogP contribution in [0.5, 0.6) is 0 Å². The van der Waals surface area contributed by atoms with Crippen LogP contribution in [0, 0.1) is 0 Å². The van der Waals surface area contributed by atoms with E-state index in [4.69, 9.17) is 15.7 Å². The first-order chi connectivity index (χ1) is 14.2. The summed E-state index contributed by atoms with van der Waals surface area (Å²) in [5, 5.41) is 8.40. The van der Waals surface area contributed by atoms with E-state index in [1.54, 1.807) is 22.7 Å². The maximum absolute atomic E-state index is 11.8. The highest BCUT2D eigenvalue weighted by Gasteiger charge is 2.27. The fourth-order valence-corrected chi connectivity index (χ4v) is 5.23. The number of nitrogens with zero attached hydrogens (tertiary/aromatic N) is 3. The Labute approximate surface area is 176 Å². The van der Waals surface area contributed by atoms with E-state index in [0.717, 1.165) is 44.4 Å². The summed E-state index contributed by atoms with van der Waals surface area (Å²) in [5.41, 5.74) is 7.82. The number of hydrogen-bond donors (Lipinski definition) is 2. The maximum atomic E-state index is 11.8. The van der Waals surface area contributed by atoms with Gasteiger partial charge in [-0.3, -0.25) is 4.79 Å². The minimum atomic E-state index is -0.391. The van der Waals surface area contributed by atoms with E-state index in [-0.39, 0.29) is 5.91 Å². The van der Waals surface area contributed by atoms with E-state index in [2.05, 4.69) is 27.7 Å². The van der Waals surface area contributed by atoms with E-state index in [9.17, 15) is 4.79 Å². The normalized spacial score (nSPS) is 17.0. The van der Waals surface area contributed by atoms with Gasteiger partial charge in [-0.05, 0) is 17.0 Å². The summed E-state index contributed by atoms with van der Waals surface area (Å²) in [6, 6.07) is 13.9. The largest absolute Gasteiger partial charge is 0.368 e. The molecule has 5 rings (SSSR count). The highest BCUT2D eigenvalue weighted by Crippen LogP contribution is 2.40. The van der Waals surface area contributed by atoms with Gasteiger partial charge in [0, 0.05) is 30.6 Å². The van der Waals surface area contributed by atoms with Crippen LogP contribution in [0.25, 0.3) is 32.0 Å². The summed E-state index contributed by atoms with van der Waals surface area (Å²) in [6.07, 6.45) is 0. The van der Waals surface area contributed by atoms with Gasteiger partial charge in [-0.1, -0.05) is 36.4 Å². The number of hydrogen-bond acceptors (Lipinski definition) is 7. The lowest BCUT2D eigenvalue weighted by Crippen LogP contribution is -2.56. The van der Waals surface area contributed by atoms with E-state index in [1.165, 1.54) is 0 Å². The number of amides is 1. The molecule has 1 amide bonds. The zero-order valence-electron chi connectivity index (χ0n) is 15.5. The molecule has 1 aliphatic heterocycles. The van der Waals surface area contributed by atoms with Crippen LogP contribution in [0.4, 0.5) is 5.82 Å². The van der Waals surface area contributed by atoms with Gasteiger partial charge in [-0.2, -0.15) is 0 Å². The molecule has 0 spiro atoms. The zero-order chi connectivity index (χ0) is 19.8. The number of rotatable bonds is 4. The number of primary amides is 1. The van der Waals surface area contributed by atoms with Crippen molar-refractivity contribution < 1.29 is 4.79 Å². The Morgan fingerprint density at radius 2 is 2.00 bits per heavy atom. The minimum Gasteiger partial charge on any atom is -0.368 e. The maximum Gasteiger partial charge on any atom is 0.236 e. The predicted octanol–water partition coefficient (Wildman–Crippen LogP) is 3.35. The van der Waals surface area contributed by atoms with E-state index in [0.29, 0.717) is 13.1 Å². The molecule has 0 bridgehead atoms. The second-order valence-electron chi connectivity index (χ2n) is 6.90. The van der Waals surface area contributed by atoms with Gasteiger partial charge in [0.1, 0.15) is 16.7 Å². The summed E-state index contributed by atoms with van der Waals surface area (Å²) in [5.74, 6) is 1.25. The molecule has 0 radical (unpaired) electrons. The molecule has 0 saturated carbocycles. The number of carbonyl (C=O) groups excluding carboxylic acids is 1. The Balaban J connectivity index is 1.70. The standard InChI is InChI=1S/C21H19N5OS2/c22-18(27)15-11-26(9-8-23-15)20-17-14(13-5-2-1-3-6-13)12-29-21(17)25-19(24-20)16-7-4-10-28-16/h1-7,10,12,15,23H,8-9,11H2,(H2,22,27)/t15-/m1/s1. The number of piperazine rings is 1. The molecule has 4 aromatic rings. The van der Waals surface area contributed by atoms with Crippen molar-refractivity contribution >= 4 is 44.6 Å². The third kappa shape index (κ3) is 3.39. The van der Waals surface area contributed by atoms with Crippen LogP contribution < -0.4 is 16.0 Å². The number of nitrogens with one attached hydrogen (secondary N) is 1. The predicted molar refractivity (Wildman–Crippen MR) is 119 cm³/mol. The lowest BCUT2D eigenvalue weighted by Gasteiger charge is -2.33. The number of nitrogens with two attached hydrogens (primary N) is 1. The Bertz CT molecular complexity index is 1160. The summed E-state index contributed by atoms with van der Waals surface area (Å²) in [4.78, 5) is 25.8. The summed E-state index contributed by atoms with van der Waals surface area (Å²) >= 11 is 3.25. The van der Waals surface area contributed by atoms with Crippen molar-refractivity contribution in [3.63, 3.8) is 0 Å². The van der Waals surface area contributed by atoms with Gasteiger partial charge in [0.05, 0.1) is 10.3 Å². The first-order valence-electron chi connectivity index (χ1n) is 9.37. The Kier molecular flexibility index (Phi) is 4.75. The van der Waals surface area contributed by atoms with Crippen molar-refractivity contribution in [3.05, 3.63) is 53.2 Å². The van der Waals surface area contributed by atoms with Crippen LogP contribution in [-0.4, -0.2) is 41.6 Å². The second kappa shape index (κ2) is 7.55. The summed E-state index contributed by atoms with van der Waals surface area (Å²) < 4.78 is 0. The van der Waals surface area contributed by atoms with Crippen molar-refractivity contribution in [2.75, 3.05) is 24.5 Å². The first-order valence-corrected chi connectivity index (χ1v) is 11.1. The third-order valence-electron chi connectivity index (χ3n) is 5.06. The smallest absolute Gasteiger partial charge is 0.236 e. The number of benzene rings is 1. The fraction of sp³-hybridized carbons (Fsp3) is 0.190. The molecular weight excluding hydrogens is 402 g/mol. The van der Waals surface area contributed by atoms with Crippen LogP contribution in [0.15, 0.2) is 53.2 Å². The zero-order valence-corrected chi connectivity index (χ0v) is 17.2. The molecule has 146 valence electrons. The van der Waals surface area contributed by atoms with Crippen molar-refractivity contribution in [1.82, 2.24) is 15.3 Å². The highest BCUT2D eigenvalue weighted by molar-refractivity contribution is 7.17. The van der Waals surface area contributed by atoms with Crippen molar-refractivity contribution in [2.45, 2.75) is 6.04 Å². The monoisotopic (exact) mass is 421 g/mol. The van der Waals surface area contributed by atoms with Crippen molar-refractivity contribution in [3.8, 4) is 21.8 Å². The number of anilines is 1. The number of carbonyl (C=O) groups is 1. The minimum absolute atomic E-state index is 0.341. The van der Waals surface area contributed by atoms with Crippen LogP contribution in [0.1, 0.15) is 0 Å². The fourth-order valence-electron chi connectivity index (χ4n) is 3.63. The number of aromatic nitrogens is 2. The van der Waals surface area contributed by atoms with Crippen LogP contribution in [-0.2, 0) is 4.79 Å². The van der Waals surface area contributed by atoms with Gasteiger partial charge in [0.25, 0.3) is 0 Å². The quantitative estimate of drug-likeness (QED) is 0.528. The van der Waals surface area contributed by atoms with Gasteiger partial charge >= 0.3 is 0 Å². The highest BCUT2D eigenvalue weighted by atomic mass is 32.1. The molecule has 29 heavy (non-hydrogen) atoms. The lowest BCUT2D eigenvalue weighted by atomic mass is 10.1. The number of fused-ring (bicyclic) bond motifs is 1. The molecule has 0 aliphatic carbocycles. The Morgan fingerprint density at radius 1 is 1.14 bits per heavy atom. The van der Waals surface area contributed by atoms with Gasteiger partial charge in [0.15, 0.2) is 5.82 Å². The molecule has 3 N–H and O–H groups in total. The second-order valence-corrected chi connectivity index (χ2v) is 8.70. The molecule has 1 aromatic carbocycles. The molecule has 3 aromatic heterocycles. The van der Waals surface area contributed by atoms with Gasteiger partial charge < -0.3 is 16.0 Å². The molecule has 6 nitrogen and oxygen atoms in total. The summed E-state index contributed by atoms with van der Waals surface area (Å²) in [7, 11) is 0. The SMILES string of the molecule is NC(=O)[C@H]1CN(c2nc(-c3cccs3)nc3scc(-c4ccccc4)c23)CCN1. The lowest BCUT2D eigenvalue weighted by molar-refractivity contribution is -0.120. The Morgan fingerprint density at radius 3 is 2.76 bits per heavy atom. The number of thiophene rings is 2. The van der Waals surface area contributed by atoms with Gasteiger partial charge in [-0.15, -0.1) is 22.7 Å². The van der Waals surface area contributed by atoms with Crippen molar-refractivity contribution in [2.24, 2.45) is 5.73 Å². The molecule has 0 unspecified atom stereocenters. The van der Waals surface area contributed by atoms with Gasteiger partial charge in [-0.25, -0.2) is 9.97 Å². The average Bonchev–Trinajstić information content (AvgIpc) is 3.44. The van der Waals surface area contributed by atoms with E-state index >= 15 is 0 Å². The topological polar surface area (TPSA) is 84.1 Å². The van der Waals surface area contributed by atoms with Crippen LogP contribution >= 0.6 is 22.7 Å². The third-order valence-corrected chi connectivity index (χ3v) is 6.80. The first kappa shape index (κ1) is 18.2. The van der Waals surface area contributed by atoms with E-state index < -0.39 is 6.04 Å². The molecule has 1 saturated heterocycles. The van der Waals surface area contributed by atoms with Crippen molar-refractivity contribution in [1.29, 1.82) is 0 Å². The van der Waals surface area contributed by atoms with E-state index in [1.807, 2.05) is 35.7 Å². The molecule has 1 atom stereocenters. The van der Waals surface area contributed by atoms with Gasteiger partial charge in [0.2, 0.25) is 5.91 Å². The van der Waals surface area contributed by atoms with Crippen LogP contribution in [0.3, 0.4) is 0 Å². The molecule has 1 fully saturated rings. The molecule has 8 heteroatoms. The Hall–Kier alpha value is -2.81. The molecular formula is C21H19N5OS2. The molecule has 4 heterocycles. The average molecular weight is 422 g/mol. The summed E-state index contributed by atoms with van der Waals surface area (Å²) in [6.45, 7) is 1.93. The molecule has 1 aliphatic rings. The van der Waals surface area contributed by atoms with Crippen LogP contribution in [0.2, 0.25) is 0 Å².